The SMILES string of the molecule is CCC(C)=C(C)C(=N)CC1CC(C)CNC1=O.CCCOCCC(C)CC.Cc1ncc(C(N)C2CCCCC2)[nH]1. The maximum Gasteiger partial charge on any atom is 0.223 e. The summed E-state index contributed by atoms with van der Waals surface area (Å²) in [5.41, 5.74) is 10.2. The molecule has 41 heavy (non-hydrogen) atoms. The molecule has 0 radical (unpaired) electrons. The average molecular weight is 574 g/mol. The Morgan fingerprint density at radius 3 is 2.41 bits per heavy atom. The van der Waals surface area contributed by atoms with Gasteiger partial charge < -0.3 is 26.2 Å². The van der Waals surface area contributed by atoms with E-state index in [1.807, 2.05) is 20.0 Å². The first kappa shape index (κ1) is 37.0. The lowest BCUT2D eigenvalue weighted by atomic mass is 9.83. The minimum atomic E-state index is -0.00847. The summed E-state index contributed by atoms with van der Waals surface area (Å²) in [5.74, 6) is 3.09. The van der Waals surface area contributed by atoms with Crippen molar-refractivity contribution >= 4 is 11.6 Å². The number of hydrogen-bond acceptors (Lipinski definition) is 5. The number of aromatic nitrogens is 2. The molecular weight excluding hydrogens is 510 g/mol. The highest BCUT2D eigenvalue weighted by Gasteiger charge is 2.27. The Balaban J connectivity index is 0.000000319. The molecule has 1 aliphatic heterocycles. The molecule has 1 saturated heterocycles. The Kier molecular flexibility index (Phi) is 18.8. The van der Waals surface area contributed by atoms with Crippen LogP contribution in [0.5, 0.6) is 0 Å². The van der Waals surface area contributed by atoms with Crippen LogP contribution >= 0.6 is 0 Å². The maximum atomic E-state index is 11.7. The number of amides is 1. The number of nitrogens with one attached hydrogen (secondary N) is 3. The summed E-state index contributed by atoms with van der Waals surface area (Å²) >= 11 is 0. The summed E-state index contributed by atoms with van der Waals surface area (Å²) < 4.78 is 5.36. The Labute approximate surface area is 251 Å². The Hall–Kier alpha value is -1.99. The zero-order chi connectivity index (χ0) is 30.8. The Bertz CT molecular complexity index is 903. The first-order valence-electron chi connectivity index (χ1n) is 16.4. The van der Waals surface area contributed by atoms with Gasteiger partial charge in [0.05, 0.1) is 5.69 Å². The first-order chi connectivity index (χ1) is 19.5. The van der Waals surface area contributed by atoms with Gasteiger partial charge >= 0.3 is 0 Å². The lowest BCUT2D eigenvalue weighted by Gasteiger charge is -2.27. The van der Waals surface area contributed by atoms with Gasteiger partial charge in [0.1, 0.15) is 5.82 Å². The third-order valence-electron chi connectivity index (χ3n) is 8.80. The summed E-state index contributed by atoms with van der Waals surface area (Å²) in [6, 6.07) is 0.163. The number of rotatable bonds is 12. The third-order valence-corrected chi connectivity index (χ3v) is 8.80. The summed E-state index contributed by atoms with van der Waals surface area (Å²) in [7, 11) is 0. The molecule has 236 valence electrons. The van der Waals surface area contributed by atoms with Gasteiger partial charge in [-0.2, -0.15) is 0 Å². The van der Waals surface area contributed by atoms with Crippen LogP contribution in [0.4, 0.5) is 0 Å². The van der Waals surface area contributed by atoms with E-state index in [2.05, 4.69) is 56.8 Å². The van der Waals surface area contributed by atoms with E-state index in [0.29, 0.717) is 24.0 Å². The van der Waals surface area contributed by atoms with E-state index in [-0.39, 0.29) is 17.9 Å². The Morgan fingerprint density at radius 1 is 1.17 bits per heavy atom. The lowest BCUT2D eigenvalue weighted by Crippen LogP contribution is -2.41. The molecule has 2 fully saturated rings. The van der Waals surface area contributed by atoms with Gasteiger partial charge in [-0.25, -0.2) is 4.98 Å². The van der Waals surface area contributed by atoms with Gasteiger partial charge in [0.25, 0.3) is 0 Å². The van der Waals surface area contributed by atoms with Crippen molar-refractivity contribution in [2.45, 2.75) is 132 Å². The number of aromatic amines is 1. The van der Waals surface area contributed by atoms with E-state index in [4.69, 9.17) is 15.9 Å². The number of carbonyl (C=O) groups is 1. The van der Waals surface area contributed by atoms with Gasteiger partial charge in [0, 0.05) is 50.0 Å². The predicted octanol–water partition coefficient (Wildman–Crippen LogP) is 8.06. The standard InChI is InChI=1S/C14H24N2O.C11H19N3.C9H20O/c1-5-10(3)11(4)13(15)7-12-6-9(2)8-16-14(12)17;1-8-13-7-10(14-8)11(12)9-5-3-2-4-6-9;1-4-7-10-8-6-9(3)5-2/h9,12,15H,5-8H2,1-4H3,(H,16,17);7,9,11H,2-6,12H2,1H3,(H,13,14);9H,4-8H2,1-3H3. The second-order valence-corrected chi connectivity index (χ2v) is 12.5. The van der Waals surface area contributed by atoms with Crippen LogP contribution in [-0.4, -0.2) is 41.3 Å². The van der Waals surface area contributed by atoms with Gasteiger partial charge in [-0.05, 0) is 82.6 Å². The van der Waals surface area contributed by atoms with E-state index in [1.165, 1.54) is 50.5 Å². The molecule has 1 saturated carbocycles. The van der Waals surface area contributed by atoms with E-state index in [0.717, 1.165) is 62.0 Å². The number of allylic oxidation sites excluding steroid dienone is 2. The van der Waals surface area contributed by atoms with E-state index in [9.17, 15) is 4.79 Å². The third kappa shape index (κ3) is 14.6. The molecule has 5 N–H and O–H groups in total. The fourth-order valence-corrected chi connectivity index (χ4v) is 5.28. The number of carbonyl (C=O) groups excluding carboxylic acids is 1. The number of nitrogens with two attached hydrogens (primary N) is 1. The number of H-pyrrole nitrogens is 1. The van der Waals surface area contributed by atoms with Crippen molar-refractivity contribution in [1.82, 2.24) is 15.3 Å². The number of imidazole rings is 1. The maximum absolute atomic E-state index is 11.7. The molecule has 1 aromatic rings. The molecule has 7 nitrogen and oxygen atoms in total. The fourth-order valence-electron chi connectivity index (χ4n) is 5.28. The Morgan fingerprint density at radius 2 is 1.85 bits per heavy atom. The van der Waals surface area contributed by atoms with Crippen LogP contribution in [0.2, 0.25) is 0 Å². The van der Waals surface area contributed by atoms with Crippen LogP contribution in [0.3, 0.4) is 0 Å². The topological polar surface area (TPSA) is 117 Å². The average Bonchev–Trinajstić information content (AvgIpc) is 3.43. The van der Waals surface area contributed by atoms with E-state index >= 15 is 0 Å². The fraction of sp³-hybridized carbons (Fsp3) is 0.794. The quantitative estimate of drug-likeness (QED) is 0.149. The van der Waals surface area contributed by atoms with Gasteiger partial charge in [0.2, 0.25) is 5.91 Å². The highest BCUT2D eigenvalue weighted by atomic mass is 16.5. The monoisotopic (exact) mass is 573 g/mol. The molecule has 4 atom stereocenters. The summed E-state index contributed by atoms with van der Waals surface area (Å²) in [4.78, 5) is 19.1. The zero-order valence-corrected chi connectivity index (χ0v) is 27.7. The molecule has 1 aromatic heterocycles. The van der Waals surface area contributed by atoms with Crippen molar-refractivity contribution in [1.29, 1.82) is 5.41 Å². The predicted molar refractivity (Wildman–Crippen MR) is 173 cm³/mol. The highest BCUT2D eigenvalue weighted by molar-refractivity contribution is 6.00. The molecule has 3 rings (SSSR count). The highest BCUT2D eigenvalue weighted by Crippen LogP contribution is 2.32. The zero-order valence-electron chi connectivity index (χ0n) is 27.7. The summed E-state index contributed by atoms with van der Waals surface area (Å²) in [5, 5.41) is 11.0. The lowest BCUT2D eigenvalue weighted by molar-refractivity contribution is -0.127. The molecule has 1 amide bonds. The normalized spacial score (nSPS) is 21.3. The second-order valence-electron chi connectivity index (χ2n) is 12.5. The summed E-state index contributed by atoms with van der Waals surface area (Å²) in [6.07, 6.45) is 14.6. The molecule has 0 spiro atoms. The van der Waals surface area contributed by atoms with Crippen LogP contribution in [0.1, 0.15) is 137 Å². The second kappa shape index (κ2) is 20.8. The van der Waals surface area contributed by atoms with Gasteiger partial charge in [-0.1, -0.05) is 65.9 Å². The number of aryl methyl sites for hydroxylation is 1. The van der Waals surface area contributed by atoms with Crippen molar-refractivity contribution < 1.29 is 9.53 Å². The van der Waals surface area contributed by atoms with Crippen LogP contribution < -0.4 is 11.1 Å². The molecule has 0 bridgehead atoms. The summed E-state index contributed by atoms with van der Waals surface area (Å²) in [6.45, 7) is 19.6. The molecule has 2 aliphatic rings. The van der Waals surface area contributed by atoms with Gasteiger partial charge in [0.15, 0.2) is 0 Å². The van der Waals surface area contributed by atoms with Crippen molar-refractivity contribution in [3.8, 4) is 0 Å². The largest absolute Gasteiger partial charge is 0.381 e. The number of piperidine rings is 1. The van der Waals surface area contributed by atoms with E-state index < -0.39 is 0 Å². The molecule has 2 heterocycles. The number of hydrogen-bond donors (Lipinski definition) is 4. The van der Waals surface area contributed by atoms with Gasteiger partial charge in [-0.3, -0.25) is 4.79 Å². The molecule has 1 aliphatic carbocycles. The minimum absolute atomic E-state index is 0.00847. The van der Waals surface area contributed by atoms with E-state index in [1.54, 1.807) is 0 Å². The van der Waals surface area contributed by atoms with Crippen molar-refractivity contribution in [3.63, 3.8) is 0 Å². The van der Waals surface area contributed by atoms with Crippen LogP contribution in [-0.2, 0) is 9.53 Å². The molecular formula is C34H63N5O2. The minimum Gasteiger partial charge on any atom is -0.381 e. The smallest absolute Gasteiger partial charge is 0.223 e. The molecule has 7 heteroatoms. The van der Waals surface area contributed by atoms with Crippen molar-refractivity contribution in [2.24, 2.45) is 29.4 Å². The number of nitrogens with zero attached hydrogens (tertiary/aromatic N) is 1. The van der Waals surface area contributed by atoms with Crippen molar-refractivity contribution in [3.05, 3.63) is 28.9 Å². The van der Waals surface area contributed by atoms with Crippen LogP contribution in [0.25, 0.3) is 0 Å². The molecule has 0 aromatic carbocycles. The number of ether oxygens (including phenoxy) is 1. The van der Waals surface area contributed by atoms with Gasteiger partial charge in [-0.15, -0.1) is 0 Å². The van der Waals surface area contributed by atoms with Crippen LogP contribution in [0, 0.1) is 36.0 Å². The first-order valence-corrected chi connectivity index (χ1v) is 16.4. The molecule has 4 unspecified atom stereocenters. The van der Waals surface area contributed by atoms with Crippen molar-refractivity contribution in [2.75, 3.05) is 19.8 Å². The van der Waals surface area contributed by atoms with Crippen LogP contribution in [0.15, 0.2) is 17.3 Å².